The fourth-order valence-corrected chi connectivity index (χ4v) is 2.52. The van der Waals surface area contributed by atoms with Gasteiger partial charge in [-0.1, -0.05) is 42.0 Å². The lowest BCUT2D eigenvalue weighted by Crippen LogP contribution is -2.40. The van der Waals surface area contributed by atoms with E-state index < -0.39 is 6.10 Å². The van der Waals surface area contributed by atoms with Crippen molar-refractivity contribution in [3.63, 3.8) is 0 Å². The number of rotatable bonds is 3. The smallest absolute Gasteiger partial charge is 0.270 e. The van der Waals surface area contributed by atoms with Gasteiger partial charge in [0.15, 0.2) is 17.2 Å². The average molecular weight is 337 g/mol. The zero-order valence-corrected chi connectivity index (χ0v) is 13.4. The van der Waals surface area contributed by atoms with Gasteiger partial charge in [0.05, 0.1) is 0 Å². The molecular formula is C18H15N3O4. The summed E-state index contributed by atoms with van der Waals surface area (Å²) in [5.41, 5.74) is 2.39. The van der Waals surface area contributed by atoms with E-state index in [4.69, 9.17) is 14.1 Å². The van der Waals surface area contributed by atoms with Gasteiger partial charge in [-0.05, 0) is 29.4 Å². The molecular weight excluding hydrogens is 322 g/mol. The second-order valence-electron chi connectivity index (χ2n) is 5.68. The summed E-state index contributed by atoms with van der Waals surface area (Å²) in [6, 6.07) is 14.9. The van der Waals surface area contributed by atoms with Crippen LogP contribution in [0.5, 0.6) is 11.5 Å². The first-order valence-electron chi connectivity index (χ1n) is 7.79. The Morgan fingerprint density at radius 3 is 2.64 bits per heavy atom. The molecule has 1 aliphatic heterocycles. The normalized spacial score (nSPS) is 15.6. The van der Waals surface area contributed by atoms with Crippen molar-refractivity contribution < 1.29 is 18.9 Å². The van der Waals surface area contributed by atoms with E-state index in [1.165, 1.54) is 0 Å². The number of aryl methyl sites for hydroxylation is 1. The fraction of sp³-hybridized carbons (Fsp3) is 0.167. The molecule has 0 aliphatic carbocycles. The predicted octanol–water partition coefficient (Wildman–Crippen LogP) is 2.82. The first kappa shape index (κ1) is 15.2. The van der Waals surface area contributed by atoms with E-state index in [1.54, 1.807) is 12.1 Å². The molecule has 0 spiro atoms. The zero-order chi connectivity index (χ0) is 17.2. The molecule has 7 heteroatoms. The molecule has 1 amide bonds. The van der Waals surface area contributed by atoms with Crippen LogP contribution in [0.15, 0.2) is 53.2 Å². The summed E-state index contributed by atoms with van der Waals surface area (Å²) in [6.45, 7) is 2.11. The van der Waals surface area contributed by atoms with Crippen molar-refractivity contribution in [3.05, 3.63) is 54.1 Å². The number of para-hydroxylation sites is 2. The lowest BCUT2D eigenvalue weighted by Gasteiger charge is -2.25. The van der Waals surface area contributed by atoms with Crippen LogP contribution in [0.1, 0.15) is 5.56 Å². The van der Waals surface area contributed by atoms with Crippen LogP contribution in [0, 0.1) is 6.92 Å². The number of carbonyl (C=O) groups is 1. The molecule has 4 rings (SSSR count). The summed E-state index contributed by atoms with van der Waals surface area (Å²) in [5, 5.41) is 10.3. The summed E-state index contributed by atoms with van der Waals surface area (Å²) in [7, 11) is 0. The van der Waals surface area contributed by atoms with Crippen LogP contribution in [0.25, 0.3) is 11.3 Å². The van der Waals surface area contributed by atoms with Gasteiger partial charge < -0.3 is 14.8 Å². The Hall–Kier alpha value is -3.35. The number of benzene rings is 2. The number of anilines is 1. The Bertz CT molecular complexity index is 905. The van der Waals surface area contributed by atoms with Crippen molar-refractivity contribution in [2.24, 2.45) is 0 Å². The number of aromatic nitrogens is 2. The summed E-state index contributed by atoms with van der Waals surface area (Å²) < 4.78 is 16.0. The van der Waals surface area contributed by atoms with Crippen molar-refractivity contribution in [2.75, 3.05) is 11.9 Å². The largest absolute Gasteiger partial charge is 0.485 e. The Labute approximate surface area is 143 Å². The highest BCUT2D eigenvalue weighted by Crippen LogP contribution is 2.31. The maximum Gasteiger partial charge on any atom is 0.270 e. The third-order valence-corrected chi connectivity index (χ3v) is 3.86. The number of ether oxygens (including phenoxy) is 2. The van der Waals surface area contributed by atoms with Gasteiger partial charge in [0, 0.05) is 5.56 Å². The van der Waals surface area contributed by atoms with E-state index in [1.807, 2.05) is 43.3 Å². The predicted molar refractivity (Wildman–Crippen MR) is 89.5 cm³/mol. The van der Waals surface area contributed by atoms with E-state index in [-0.39, 0.29) is 18.3 Å². The molecule has 1 aliphatic rings. The van der Waals surface area contributed by atoms with Gasteiger partial charge >= 0.3 is 0 Å². The average Bonchev–Trinajstić information content (AvgIpc) is 3.10. The Morgan fingerprint density at radius 1 is 1.08 bits per heavy atom. The van der Waals surface area contributed by atoms with Crippen LogP contribution in [-0.4, -0.2) is 28.9 Å². The first-order chi connectivity index (χ1) is 12.2. The summed E-state index contributed by atoms with van der Waals surface area (Å²) in [4.78, 5) is 12.5. The second-order valence-corrected chi connectivity index (χ2v) is 5.68. The number of nitrogens with one attached hydrogen (secondary N) is 1. The molecule has 1 atom stereocenters. The van der Waals surface area contributed by atoms with Gasteiger partial charge in [0.2, 0.25) is 11.9 Å². The molecule has 0 bridgehead atoms. The SMILES string of the molecule is Cc1ccc(-c2nonc2NC(=O)[C@@H]2COc3ccccc3O2)cc1. The third kappa shape index (κ3) is 3.03. The number of hydrogen-bond acceptors (Lipinski definition) is 6. The van der Waals surface area contributed by atoms with Crippen molar-refractivity contribution in [3.8, 4) is 22.8 Å². The Morgan fingerprint density at radius 2 is 1.84 bits per heavy atom. The van der Waals surface area contributed by atoms with Crippen LogP contribution >= 0.6 is 0 Å². The number of amides is 1. The van der Waals surface area contributed by atoms with E-state index in [0.29, 0.717) is 17.2 Å². The van der Waals surface area contributed by atoms with E-state index in [2.05, 4.69) is 15.6 Å². The van der Waals surface area contributed by atoms with Crippen LogP contribution in [0.3, 0.4) is 0 Å². The second kappa shape index (κ2) is 6.27. The molecule has 2 aromatic carbocycles. The molecule has 0 unspecified atom stereocenters. The molecule has 0 radical (unpaired) electrons. The van der Waals surface area contributed by atoms with Crippen LogP contribution in [0.2, 0.25) is 0 Å². The quantitative estimate of drug-likeness (QED) is 0.791. The Kier molecular flexibility index (Phi) is 3.81. The molecule has 0 fully saturated rings. The Balaban J connectivity index is 1.51. The molecule has 2 heterocycles. The summed E-state index contributed by atoms with van der Waals surface area (Å²) in [5.74, 6) is 1.02. The first-order valence-corrected chi connectivity index (χ1v) is 7.79. The minimum Gasteiger partial charge on any atom is -0.485 e. The minimum absolute atomic E-state index is 0.119. The lowest BCUT2D eigenvalue weighted by molar-refractivity contribution is -0.125. The summed E-state index contributed by atoms with van der Waals surface area (Å²) >= 11 is 0. The molecule has 126 valence electrons. The molecule has 1 N–H and O–H groups in total. The third-order valence-electron chi connectivity index (χ3n) is 3.86. The van der Waals surface area contributed by atoms with Crippen molar-refractivity contribution >= 4 is 11.7 Å². The van der Waals surface area contributed by atoms with Crippen LogP contribution in [-0.2, 0) is 4.79 Å². The van der Waals surface area contributed by atoms with Gasteiger partial charge in [0.1, 0.15) is 6.61 Å². The van der Waals surface area contributed by atoms with Gasteiger partial charge in [-0.2, -0.15) is 0 Å². The van der Waals surface area contributed by atoms with Crippen molar-refractivity contribution in [1.82, 2.24) is 10.3 Å². The number of carbonyl (C=O) groups excluding carboxylic acids is 1. The van der Waals surface area contributed by atoms with Crippen molar-refractivity contribution in [1.29, 1.82) is 0 Å². The standard InChI is InChI=1S/C18H15N3O4/c1-11-6-8-12(9-7-11)16-17(21-25-20-16)19-18(22)15-10-23-13-4-2-3-5-14(13)24-15/h2-9,15H,10H2,1H3,(H,19,21,22)/t15-/m0/s1. The molecule has 1 aromatic heterocycles. The van der Waals surface area contributed by atoms with Gasteiger partial charge in [-0.3, -0.25) is 4.79 Å². The number of fused-ring (bicyclic) bond motifs is 1. The molecule has 25 heavy (non-hydrogen) atoms. The number of hydrogen-bond donors (Lipinski definition) is 1. The number of nitrogens with zero attached hydrogens (tertiary/aromatic N) is 2. The van der Waals surface area contributed by atoms with E-state index in [0.717, 1.165) is 11.1 Å². The minimum atomic E-state index is -0.780. The van der Waals surface area contributed by atoms with Crippen LogP contribution in [0.4, 0.5) is 5.82 Å². The van der Waals surface area contributed by atoms with E-state index in [9.17, 15) is 4.79 Å². The fourth-order valence-electron chi connectivity index (χ4n) is 2.52. The molecule has 0 saturated heterocycles. The lowest BCUT2D eigenvalue weighted by atomic mass is 10.1. The monoisotopic (exact) mass is 337 g/mol. The molecule has 7 nitrogen and oxygen atoms in total. The molecule has 0 saturated carbocycles. The highest BCUT2D eigenvalue weighted by Gasteiger charge is 2.29. The highest BCUT2D eigenvalue weighted by atomic mass is 16.6. The highest BCUT2D eigenvalue weighted by molar-refractivity contribution is 5.96. The van der Waals surface area contributed by atoms with Crippen LogP contribution < -0.4 is 14.8 Å². The van der Waals surface area contributed by atoms with Gasteiger partial charge in [-0.15, -0.1) is 0 Å². The van der Waals surface area contributed by atoms with Gasteiger partial charge in [-0.25, -0.2) is 4.63 Å². The molecule has 3 aromatic rings. The maximum atomic E-state index is 12.5. The summed E-state index contributed by atoms with van der Waals surface area (Å²) in [6.07, 6.45) is -0.780. The zero-order valence-electron chi connectivity index (χ0n) is 13.4. The van der Waals surface area contributed by atoms with Gasteiger partial charge in [0.25, 0.3) is 5.91 Å². The maximum absolute atomic E-state index is 12.5. The topological polar surface area (TPSA) is 86.5 Å². The van der Waals surface area contributed by atoms with E-state index >= 15 is 0 Å². The van der Waals surface area contributed by atoms with Crippen molar-refractivity contribution in [2.45, 2.75) is 13.0 Å².